The van der Waals surface area contributed by atoms with Crippen LogP contribution in [0.1, 0.15) is 57.1 Å². The molecule has 0 atom stereocenters. The lowest BCUT2D eigenvalue weighted by molar-refractivity contribution is 0.598. The highest BCUT2D eigenvalue weighted by Gasteiger charge is 2.12. The van der Waals surface area contributed by atoms with Crippen molar-refractivity contribution in [3.63, 3.8) is 0 Å². The molecular weight excluding hydrogens is 282 g/mol. The molecule has 0 aliphatic heterocycles. The number of aromatic nitrogens is 3. The van der Waals surface area contributed by atoms with E-state index in [1.165, 1.54) is 32.1 Å². The third-order valence-corrected chi connectivity index (χ3v) is 3.92. The van der Waals surface area contributed by atoms with Gasteiger partial charge in [-0.2, -0.15) is 0 Å². The minimum absolute atomic E-state index is 0.387. The van der Waals surface area contributed by atoms with E-state index in [1.807, 2.05) is 18.2 Å². The Hall–Kier alpha value is -1.35. The first-order valence-electron chi connectivity index (χ1n) is 7.91. The van der Waals surface area contributed by atoms with E-state index in [0.29, 0.717) is 5.88 Å². The monoisotopic (exact) mass is 305 g/mol. The molecule has 1 aromatic heterocycles. The van der Waals surface area contributed by atoms with Gasteiger partial charge in [-0.15, -0.1) is 21.8 Å². The molecule has 0 N–H and O–H groups in total. The maximum absolute atomic E-state index is 5.99. The van der Waals surface area contributed by atoms with Crippen molar-refractivity contribution in [2.24, 2.45) is 0 Å². The predicted molar refractivity (Wildman–Crippen MR) is 88.0 cm³/mol. The van der Waals surface area contributed by atoms with Crippen LogP contribution in [0.3, 0.4) is 0 Å². The SMILES string of the molecule is CCCCCCCCc1nnc(CCl)n1-c1ccccc1. The summed E-state index contributed by atoms with van der Waals surface area (Å²) in [6.45, 7) is 2.25. The Morgan fingerprint density at radius 2 is 1.57 bits per heavy atom. The number of alkyl halides is 1. The van der Waals surface area contributed by atoms with Gasteiger partial charge in [0.15, 0.2) is 5.82 Å². The second kappa shape index (κ2) is 8.83. The number of halogens is 1. The molecule has 0 fully saturated rings. The molecule has 0 radical (unpaired) electrons. The quantitative estimate of drug-likeness (QED) is 0.487. The summed E-state index contributed by atoms with van der Waals surface area (Å²) >= 11 is 5.99. The van der Waals surface area contributed by atoms with E-state index in [0.717, 1.165) is 30.2 Å². The molecular formula is C17H24ClN3. The first-order valence-corrected chi connectivity index (χ1v) is 8.44. The highest BCUT2D eigenvalue weighted by molar-refractivity contribution is 6.16. The fourth-order valence-electron chi connectivity index (χ4n) is 2.54. The highest BCUT2D eigenvalue weighted by atomic mass is 35.5. The third kappa shape index (κ3) is 4.57. The van der Waals surface area contributed by atoms with Gasteiger partial charge in [-0.25, -0.2) is 0 Å². The summed E-state index contributed by atoms with van der Waals surface area (Å²) in [5.74, 6) is 2.23. The van der Waals surface area contributed by atoms with Gasteiger partial charge in [0.25, 0.3) is 0 Å². The summed E-state index contributed by atoms with van der Waals surface area (Å²) < 4.78 is 2.10. The molecule has 0 aliphatic carbocycles. The van der Waals surface area contributed by atoms with Crippen LogP contribution >= 0.6 is 11.6 Å². The van der Waals surface area contributed by atoms with Gasteiger partial charge in [0.1, 0.15) is 5.82 Å². The van der Waals surface area contributed by atoms with E-state index in [4.69, 9.17) is 11.6 Å². The minimum Gasteiger partial charge on any atom is -0.282 e. The van der Waals surface area contributed by atoms with Crippen molar-refractivity contribution in [3.8, 4) is 5.69 Å². The van der Waals surface area contributed by atoms with Crippen LogP contribution < -0.4 is 0 Å². The van der Waals surface area contributed by atoms with Gasteiger partial charge in [0, 0.05) is 12.1 Å². The molecule has 1 aromatic carbocycles. The molecule has 114 valence electrons. The average molecular weight is 306 g/mol. The zero-order chi connectivity index (χ0) is 14.9. The Kier molecular flexibility index (Phi) is 6.74. The van der Waals surface area contributed by atoms with Crippen LogP contribution in [-0.2, 0) is 12.3 Å². The lowest BCUT2D eigenvalue weighted by Gasteiger charge is -2.09. The van der Waals surface area contributed by atoms with E-state index in [2.05, 4.69) is 33.8 Å². The molecule has 3 nitrogen and oxygen atoms in total. The minimum atomic E-state index is 0.387. The summed E-state index contributed by atoms with van der Waals surface area (Å²) in [6, 6.07) is 10.2. The van der Waals surface area contributed by atoms with Crippen molar-refractivity contribution in [3.05, 3.63) is 42.0 Å². The van der Waals surface area contributed by atoms with Crippen molar-refractivity contribution in [2.45, 2.75) is 57.7 Å². The fraction of sp³-hybridized carbons (Fsp3) is 0.529. The fourth-order valence-corrected chi connectivity index (χ4v) is 2.71. The Balaban J connectivity index is 1.99. The van der Waals surface area contributed by atoms with E-state index in [9.17, 15) is 0 Å². The molecule has 0 spiro atoms. The van der Waals surface area contributed by atoms with Crippen LogP contribution in [0.4, 0.5) is 0 Å². The van der Waals surface area contributed by atoms with Gasteiger partial charge in [-0.05, 0) is 18.6 Å². The van der Waals surface area contributed by atoms with Crippen LogP contribution in [0.25, 0.3) is 5.69 Å². The zero-order valence-electron chi connectivity index (χ0n) is 12.8. The van der Waals surface area contributed by atoms with E-state index in [1.54, 1.807) is 0 Å². The third-order valence-electron chi connectivity index (χ3n) is 3.68. The molecule has 0 saturated heterocycles. The Bertz CT molecular complexity index is 522. The molecule has 0 amide bonds. The van der Waals surface area contributed by atoms with Crippen LogP contribution in [0.2, 0.25) is 0 Å². The van der Waals surface area contributed by atoms with Gasteiger partial charge >= 0.3 is 0 Å². The van der Waals surface area contributed by atoms with Crippen molar-refractivity contribution >= 4 is 11.6 Å². The number of hydrogen-bond acceptors (Lipinski definition) is 2. The van der Waals surface area contributed by atoms with Crippen LogP contribution in [0.5, 0.6) is 0 Å². The molecule has 0 unspecified atom stereocenters. The van der Waals surface area contributed by atoms with Gasteiger partial charge in [-0.1, -0.05) is 57.2 Å². The Labute approximate surface area is 132 Å². The van der Waals surface area contributed by atoms with Crippen molar-refractivity contribution in [2.75, 3.05) is 0 Å². The van der Waals surface area contributed by atoms with E-state index in [-0.39, 0.29) is 0 Å². The highest BCUT2D eigenvalue weighted by Crippen LogP contribution is 2.17. The number of nitrogens with zero attached hydrogens (tertiary/aromatic N) is 3. The molecule has 0 saturated carbocycles. The van der Waals surface area contributed by atoms with Crippen LogP contribution in [-0.4, -0.2) is 14.8 Å². The summed E-state index contributed by atoms with van der Waals surface area (Å²) in [5.41, 5.74) is 1.10. The lowest BCUT2D eigenvalue weighted by atomic mass is 10.1. The summed E-state index contributed by atoms with van der Waals surface area (Å²) in [4.78, 5) is 0. The lowest BCUT2D eigenvalue weighted by Crippen LogP contribution is -2.04. The molecule has 1 heterocycles. The van der Waals surface area contributed by atoms with Crippen LogP contribution in [0.15, 0.2) is 30.3 Å². The van der Waals surface area contributed by atoms with Crippen LogP contribution in [0, 0.1) is 0 Å². The number of unbranched alkanes of at least 4 members (excludes halogenated alkanes) is 5. The average Bonchev–Trinajstić information content (AvgIpc) is 2.94. The van der Waals surface area contributed by atoms with Crippen molar-refractivity contribution < 1.29 is 0 Å². The summed E-state index contributed by atoms with van der Waals surface area (Å²) in [6.07, 6.45) is 8.68. The standard InChI is InChI=1S/C17H24ClN3/c1-2-3-4-5-6-10-13-16-19-20-17(14-18)21(16)15-11-8-7-9-12-15/h7-9,11-12H,2-6,10,13-14H2,1H3. The normalized spacial score (nSPS) is 11.0. The largest absolute Gasteiger partial charge is 0.282 e. The number of para-hydroxylation sites is 1. The topological polar surface area (TPSA) is 30.7 Å². The number of aryl methyl sites for hydroxylation is 1. The van der Waals surface area contributed by atoms with E-state index < -0.39 is 0 Å². The number of hydrogen-bond donors (Lipinski definition) is 0. The van der Waals surface area contributed by atoms with Gasteiger partial charge in [0.2, 0.25) is 0 Å². The number of benzene rings is 1. The zero-order valence-corrected chi connectivity index (χ0v) is 13.5. The summed E-state index contributed by atoms with van der Waals surface area (Å²) in [7, 11) is 0. The van der Waals surface area contributed by atoms with Gasteiger partial charge < -0.3 is 0 Å². The molecule has 2 rings (SSSR count). The predicted octanol–water partition coefficient (Wildman–Crippen LogP) is 4.91. The molecule has 21 heavy (non-hydrogen) atoms. The first kappa shape index (κ1) is 16.0. The Morgan fingerprint density at radius 1 is 0.905 bits per heavy atom. The molecule has 4 heteroatoms. The molecule has 0 aliphatic rings. The smallest absolute Gasteiger partial charge is 0.152 e. The van der Waals surface area contributed by atoms with Crippen molar-refractivity contribution in [1.82, 2.24) is 14.8 Å². The van der Waals surface area contributed by atoms with Crippen molar-refractivity contribution in [1.29, 1.82) is 0 Å². The maximum Gasteiger partial charge on any atom is 0.152 e. The summed E-state index contributed by atoms with van der Waals surface area (Å²) in [5, 5.41) is 8.55. The Morgan fingerprint density at radius 3 is 2.29 bits per heavy atom. The second-order valence-corrected chi connectivity index (χ2v) is 5.62. The van der Waals surface area contributed by atoms with E-state index >= 15 is 0 Å². The first-order chi connectivity index (χ1) is 10.4. The molecule has 0 bridgehead atoms. The van der Waals surface area contributed by atoms with Gasteiger partial charge in [0.05, 0.1) is 5.88 Å². The van der Waals surface area contributed by atoms with Gasteiger partial charge in [-0.3, -0.25) is 4.57 Å². The maximum atomic E-state index is 5.99. The number of rotatable bonds is 9. The molecule has 2 aromatic rings. The second-order valence-electron chi connectivity index (χ2n) is 5.35.